The maximum atomic E-state index is 4.29. The number of aromatic nitrogens is 2. The highest BCUT2D eigenvalue weighted by Crippen LogP contribution is 2.20. The number of hydrogen-bond acceptors (Lipinski definition) is 5. The Morgan fingerprint density at radius 2 is 1.83 bits per heavy atom. The quantitative estimate of drug-likeness (QED) is 0.869. The van der Waals surface area contributed by atoms with Crippen LogP contribution in [0.3, 0.4) is 0 Å². The van der Waals surface area contributed by atoms with Gasteiger partial charge < -0.3 is 10.6 Å². The van der Waals surface area contributed by atoms with Gasteiger partial charge in [-0.1, -0.05) is 0 Å². The molecule has 0 aliphatic heterocycles. The lowest BCUT2D eigenvalue weighted by atomic mass is 10.2. The van der Waals surface area contributed by atoms with Crippen LogP contribution >= 0.6 is 11.3 Å². The molecule has 18 heavy (non-hydrogen) atoms. The molecule has 0 saturated heterocycles. The van der Waals surface area contributed by atoms with Crippen molar-refractivity contribution in [3.05, 3.63) is 33.8 Å². The van der Waals surface area contributed by atoms with Crippen LogP contribution in [0.15, 0.2) is 17.1 Å². The molecule has 96 valence electrons. The van der Waals surface area contributed by atoms with Gasteiger partial charge in [0.25, 0.3) is 0 Å². The Balaban J connectivity index is 2.10. The minimum Gasteiger partial charge on any atom is -0.370 e. The zero-order valence-electron chi connectivity index (χ0n) is 10.9. The third-order valence-electron chi connectivity index (χ3n) is 2.84. The van der Waals surface area contributed by atoms with Crippen LogP contribution in [0.25, 0.3) is 0 Å². The Hall–Kier alpha value is -1.62. The van der Waals surface area contributed by atoms with Gasteiger partial charge in [0.1, 0.15) is 18.0 Å². The molecule has 2 N–H and O–H groups in total. The van der Waals surface area contributed by atoms with Crippen LogP contribution in [0, 0.1) is 13.8 Å². The minimum atomic E-state index is 0.804. The molecule has 0 radical (unpaired) electrons. The maximum absolute atomic E-state index is 4.29. The summed E-state index contributed by atoms with van der Waals surface area (Å²) in [4.78, 5) is 8.52. The van der Waals surface area contributed by atoms with Crippen molar-refractivity contribution in [1.29, 1.82) is 0 Å². The normalized spacial score (nSPS) is 10.4. The second kappa shape index (κ2) is 5.82. The molecule has 0 fully saturated rings. The lowest BCUT2D eigenvalue weighted by Gasteiger charge is -2.11. The van der Waals surface area contributed by atoms with E-state index in [0.717, 1.165) is 30.3 Å². The first-order valence-corrected chi connectivity index (χ1v) is 6.97. The molecule has 0 saturated carbocycles. The first-order valence-electron chi connectivity index (χ1n) is 6.03. The van der Waals surface area contributed by atoms with Crippen LogP contribution < -0.4 is 10.6 Å². The number of nitrogens with one attached hydrogen (secondary N) is 2. The molecule has 0 unspecified atom stereocenters. The number of aryl methyl sites for hydroxylation is 1. The zero-order valence-corrected chi connectivity index (χ0v) is 11.8. The fourth-order valence-corrected chi connectivity index (χ4v) is 2.58. The Kier molecular flexibility index (Phi) is 4.15. The fourth-order valence-electron chi connectivity index (χ4n) is 1.72. The van der Waals surface area contributed by atoms with Crippen LogP contribution in [-0.4, -0.2) is 16.5 Å². The van der Waals surface area contributed by atoms with Crippen LogP contribution in [-0.2, 0) is 6.54 Å². The van der Waals surface area contributed by atoms with Gasteiger partial charge in [-0.25, -0.2) is 9.97 Å². The SMILES string of the molecule is CCNc1ncnc(NCc2cscc2C)c1C. The molecule has 0 aliphatic carbocycles. The molecule has 0 amide bonds. The van der Waals surface area contributed by atoms with Gasteiger partial charge in [0.05, 0.1) is 0 Å². The van der Waals surface area contributed by atoms with Crippen molar-refractivity contribution in [1.82, 2.24) is 9.97 Å². The Morgan fingerprint density at radius 1 is 1.11 bits per heavy atom. The van der Waals surface area contributed by atoms with E-state index in [1.54, 1.807) is 17.7 Å². The van der Waals surface area contributed by atoms with Crippen molar-refractivity contribution in [2.24, 2.45) is 0 Å². The van der Waals surface area contributed by atoms with Crippen molar-refractivity contribution in [3.8, 4) is 0 Å². The summed E-state index contributed by atoms with van der Waals surface area (Å²) >= 11 is 1.73. The molecule has 0 aromatic carbocycles. The molecule has 4 nitrogen and oxygen atoms in total. The third kappa shape index (κ3) is 2.79. The van der Waals surface area contributed by atoms with Gasteiger partial charge in [-0.3, -0.25) is 0 Å². The predicted octanol–water partition coefficient (Wildman–Crippen LogP) is 3.20. The first-order chi connectivity index (χ1) is 8.72. The van der Waals surface area contributed by atoms with E-state index in [0.29, 0.717) is 0 Å². The monoisotopic (exact) mass is 262 g/mol. The van der Waals surface area contributed by atoms with Crippen molar-refractivity contribution in [2.75, 3.05) is 17.2 Å². The van der Waals surface area contributed by atoms with E-state index in [2.05, 4.69) is 45.2 Å². The molecule has 2 aromatic heterocycles. The number of anilines is 2. The lowest BCUT2D eigenvalue weighted by molar-refractivity contribution is 1.04. The molecular weight excluding hydrogens is 244 g/mol. The summed E-state index contributed by atoms with van der Waals surface area (Å²) in [5.74, 6) is 1.79. The van der Waals surface area contributed by atoms with E-state index in [1.165, 1.54) is 11.1 Å². The number of nitrogens with zero attached hydrogens (tertiary/aromatic N) is 2. The van der Waals surface area contributed by atoms with E-state index >= 15 is 0 Å². The standard InChI is InChI=1S/C13H18N4S/c1-4-14-12-10(3)13(17-8-16-12)15-5-11-7-18-6-9(11)2/h6-8H,4-5H2,1-3H3,(H2,14,15,16,17). The number of thiophene rings is 1. The predicted molar refractivity (Wildman–Crippen MR) is 77.3 cm³/mol. The van der Waals surface area contributed by atoms with Gasteiger partial charge >= 0.3 is 0 Å². The van der Waals surface area contributed by atoms with Gasteiger partial charge in [0.15, 0.2) is 0 Å². The molecule has 0 atom stereocenters. The van der Waals surface area contributed by atoms with Crippen molar-refractivity contribution < 1.29 is 0 Å². The summed E-state index contributed by atoms with van der Waals surface area (Å²) in [6.07, 6.45) is 1.59. The molecule has 2 aromatic rings. The highest BCUT2D eigenvalue weighted by atomic mass is 32.1. The topological polar surface area (TPSA) is 49.8 Å². The summed E-state index contributed by atoms with van der Waals surface area (Å²) in [6.45, 7) is 7.88. The van der Waals surface area contributed by atoms with E-state index in [1.807, 2.05) is 6.92 Å². The van der Waals surface area contributed by atoms with Gasteiger partial charge in [-0.2, -0.15) is 11.3 Å². The fraction of sp³-hybridized carbons (Fsp3) is 0.385. The largest absolute Gasteiger partial charge is 0.370 e. The Morgan fingerprint density at radius 3 is 2.44 bits per heavy atom. The summed E-state index contributed by atoms with van der Waals surface area (Å²) in [6, 6.07) is 0. The first kappa shape index (κ1) is 12.8. The Bertz CT molecular complexity index is 521. The molecule has 2 heterocycles. The second-order valence-electron chi connectivity index (χ2n) is 4.16. The van der Waals surface area contributed by atoms with E-state index in [-0.39, 0.29) is 0 Å². The molecule has 0 aliphatic rings. The number of hydrogen-bond donors (Lipinski definition) is 2. The van der Waals surface area contributed by atoms with Crippen LogP contribution in [0.2, 0.25) is 0 Å². The van der Waals surface area contributed by atoms with Gasteiger partial charge in [-0.05, 0) is 42.7 Å². The summed E-state index contributed by atoms with van der Waals surface area (Å²) < 4.78 is 0. The third-order valence-corrected chi connectivity index (χ3v) is 3.75. The molecular formula is C13H18N4S. The summed E-state index contributed by atoms with van der Waals surface area (Å²) in [7, 11) is 0. The molecule has 2 rings (SSSR count). The van der Waals surface area contributed by atoms with Crippen molar-refractivity contribution in [2.45, 2.75) is 27.3 Å². The van der Waals surface area contributed by atoms with Crippen molar-refractivity contribution in [3.63, 3.8) is 0 Å². The molecule has 0 spiro atoms. The van der Waals surface area contributed by atoms with Gasteiger partial charge in [0, 0.05) is 18.7 Å². The van der Waals surface area contributed by atoms with E-state index in [4.69, 9.17) is 0 Å². The maximum Gasteiger partial charge on any atom is 0.134 e. The minimum absolute atomic E-state index is 0.804. The molecule has 5 heteroatoms. The number of rotatable bonds is 5. The highest BCUT2D eigenvalue weighted by molar-refractivity contribution is 7.08. The van der Waals surface area contributed by atoms with Crippen LogP contribution in [0.4, 0.5) is 11.6 Å². The van der Waals surface area contributed by atoms with Crippen molar-refractivity contribution >= 4 is 23.0 Å². The average molecular weight is 262 g/mol. The van der Waals surface area contributed by atoms with E-state index < -0.39 is 0 Å². The lowest BCUT2D eigenvalue weighted by Crippen LogP contribution is -2.08. The summed E-state index contributed by atoms with van der Waals surface area (Å²) in [5.41, 5.74) is 3.71. The second-order valence-corrected chi connectivity index (χ2v) is 4.90. The molecule has 0 bridgehead atoms. The summed E-state index contributed by atoms with van der Waals surface area (Å²) in [5, 5.41) is 10.9. The zero-order chi connectivity index (χ0) is 13.0. The highest BCUT2D eigenvalue weighted by Gasteiger charge is 2.06. The average Bonchev–Trinajstić information content (AvgIpc) is 2.76. The van der Waals surface area contributed by atoms with Gasteiger partial charge in [-0.15, -0.1) is 0 Å². The van der Waals surface area contributed by atoms with E-state index in [9.17, 15) is 0 Å². The Labute approximate surface area is 111 Å². The van der Waals surface area contributed by atoms with Crippen LogP contribution in [0.5, 0.6) is 0 Å². The smallest absolute Gasteiger partial charge is 0.134 e. The van der Waals surface area contributed by atoms with Gasteiger partial charge in [0.2, 0.25) is 0 Å². The van der Waals surface area contributed by atoms with Crippen LogP contribution in [0.1, 0.15) is 23.6 Å².